The topological polar surface area (TPSA) is 44.4 Å². The van der Waals surface area contributed by atoms with Gasteiger partial charge in [0.15, 0.2) is 0 Å². The monoisotopic (exact) mass is 257 g/mol. The normalized spacial score (nSPS) is 14.1. The molecule has 1 aromatic carbocycles. The third-order valence-corrected chi connectivity index (χ3v) is 2.94. The van der Waals surface area contributed by atoms with Crippen LogP contribution < -0.4 is 15.5 Å². The van der Waals surface area contributed by atoms with Crippen LogP contribution in [0.2, 0.25) is 0 Å². The molecule has 0 saturated heterocycles. The number of rotatable bonds is 4. The summed E-state index contributed by atoms with van der Waals surface area (Å²) in [6.45, 7) is 8.20. The number of nitrogens with zero attached hydrogens (tertiary/aromatic N) is 1. The molecule has 0 radical (unpaired) electrons. The van der Waals surface area contributed by atoms with Gasteiger partial charge in [-0.05, 0) is 24.3 Å². The summed E-state index contributed by atoms with van der Waals surface area (Å²) in [6, 6.07) is 7.80. The summed E-state index contributed by atoms with van der Waals surface area (Å²) >= 11 is 0. The van der Waals surface area contributed by atoms with Crippen molar-refractivity contribution < 1.29 is 4.79 Å². The first kappa shape index (κ1) is 13.2. The predicted octanol–water partition coefficient (Wildman–Crippen LogP) is 2.68. The van der Waals surface area contributed by atoms with E-state index in [1.807, 2.05) is 44.3 Å². The first-order chi connectivity index (χ1) is 9.10. The average Bonchev–Trinajstić information content (AvgIpc) is 2.87. The fourth-order valence-electron chi connectivity index (χ4n) is 1.78. The lowest BCUT2D eigenvalue weighted by Crippen LogP contribution is -2.21. The molecule has 4 nitrogen and oxygen atoms in total. The molecular formula is C15H19N3O. The molecular weight excluding hydrogens is 238 g/mol. The highest BCUT2D eigenvalue weighted by Crippen LogP contribution is 2.22. The van der Waals surface area contributed by atoms with Crippen LogP contribution in [0.1, 0.15) is 13.8 Å². The highest BCUT2D eigenvalue weighted by atomic mass is 16.1. The van der Waals surface area contributed by atoms with Crippen LogP contribution in [0.25, 0.3) is 0 Å². The molecule has 0 bridgehead atoms. The minimum absolute atomic E-state index is 0.0237. The van der Waals surface area contributed by atoms with Crippen molar-refractivity contribution >= 4 is 17.3 Å². The van der Waals surface area contributed by atoms with Gasteiger partial charge in [-0.2, -0.15) is 0 Å². The van der Waals surface area contributed by atoms with Crippen LogP contribution in [-0.4, -0.2) is 12.6 Å². The van der Waals surface area contributed by atoms with Crippen molar-refractivity contribution in [1.82, 2.24) is 5.32 Å². The van der Waals surface area contributed by atoms with E-state index >= 15 is 0 Å². The number of anilines is 2. The lowest BCUT2D eigenvalue weighted by Gasteiger charge is -2.16. The van der Waals surface area contributed by atoms with Gasteiger partial charge in [0.2, 0.25) is 5.91 Å². The van der Waals surface area contributed by atoms with Crippen molar-refractivity contribution in [3.05, 3.63) is 48.8 Å². The van der Waals surface area contributed by atoms with E-state index in [1.54, 1.807) is 6.08 Å². The molecule has 2 rings (SSSR count). The van der Waals surface area contributed by atoms with Crippen LogP contribution in [0.4, 0.5) is 11.4 Å². The molecule has 1 heterocycles. The Labute approximate surface area is 113 Å². The van der Waals surface area contributed by atoms with E-state index in [4.69, 9.17) is 0 Å². The molecule has 1 aliphatic rings. The second-order valence-electron chi connectivity index (χ2n) is 4.79. The zero-order valence-electron chi connectivity index (χ0n) is 11.3. The summed E-state index contributed by atoms with van der Waals surface area (Å²) in [6.07, 6.45) is 3.78. The molecule has 0 aliphatic carbocycles. The largest absolute Gasteiger partial charge is 0.366 e. The molecule has 1 amide bonds. The van der Waals surface area contributed by atoms with Gasteiger partial charge in [-0.25, -0.2) is 0 Å². The van der Waals surface area contributed by atoms with E-state index in [0.29, 0.717) is 6.67 Å². The van der Waals surface area contributed by atoms with Crippen molar-refractivity contribution in [1.29, 1.82) is 0 Å². The number of amides is 1. The molecule has 0 atom stereocenters. The van der Waals surface area contributed by atoms with Crippen LogP contribution >= 0.6 is 0 Å². The summed E-state index contributed by atoms with van der Waals surface area (Å²) in [4.78, 5) is 13.8. The first-order valence-corrected chi connectivity index (χ1v) is 6.36. The Morgan fingerprint density at radius 2 is 2.32 bits per heavy atom. The maximum atomic E-state index is 11.7. The molecule has 0 unspecified atom stereocenters. The number of hydrogen-bond acceptors (Lipinski definition) is 3. The third kappa shape index (κ3) is 3.16. The van der Waals surface area contributed by atoms with Gasteiger partial charge in [-0.1, -0.05) is 26.5 Å². The zero-order valence-corrected chi connectivity index (χ0v) is 11.3. The highest BCUT2D eigenvalue weighted by Gasteiger charge is 2.12. The van der Waals surface area contributed by atoms with Gasteiger partial charge in [-0.3, -0.25) is 4.79 Å². The lowest BCUT2D eigenvalue weighted by molar-refractivity contribution is -0.118. The van der Waals surface area contributed by atoms with Crippen molar-refractivity contribution in [2.45, 2.75) is 13.8 Å². The van der Waals surface area contributed by atoms with Gasteiger partial charge >= 0.3 is 0 Å². The van der Waals surface area contributed by atoms with E-state index in [2.05, 4.69) is 22.1 Å². The molecule has 2 N–H and O–H groups in total. The van der Waals surface area contributed by atoms with Crippen molar-refractivity contribution in [3.63, 3.8) is 0 Å². The summed E-state index contributed by atoms with van der Waals surface area (Å²) in [5.74, 6) is 0.00314. The Morgan fingerprint density at radius 1 is 1.53 bits per heavy atom. The van der Waals surface area contributed by atoms with Crippen LogP contribution in [0.5, 0.6) is 0 Å². The van der Waals surface area contributed by atoms with E-state index in [1.165, 1.54) is 0 Å². The SMILES string of the molecule is C=CC1=CN(c2cccc(NC(=O)C(C)C)c2)CN1. The van der Waals surface area contributed by atoms with Gasteiger partial charge in [0.25, 0.3) is 0 Å². The molecule has 0 saturated carbocycles. The Kier molecular flexibility index (Phi) is 3.90. The van der Waals surface area contributed by atoms with Crippen molar-refractivity contribution in [2.24, 2.45) is 5.92 Å². The number of hydrogen-bond donors (Lipinski definition) is 2. The summed E-state index contributed by atoms with van der Waals surface area (Å²) < 4.78 is 0. The van der Waals surface area contributed by atoms with Crippen LogP contribution in [-0.2, 0) is 4.79 Å². The summed E-state index contributed by atoms with van der Waals surface area (Å²) in [7, 11) is 0. The zero-order chi connectivity index (χ0) is 13.8. The van der Waals surface area contributed by atoms with Gasteiger partial charge < -0.3 is 15.5 Å². The van der Waals surface area contributed by atoms with Gasteiger partial charge in [0.1, 0.15) is 0 Å². The highest BCUT2D eigenvalue weighted by molar-refractivity contribution is 5.92. The number of benzene rings is 1. The van der Waals surface area contributed by atoms with Gasteiger partial charge in [0, 0.05) is 23.5 Å². The van der Waals surface area contributed by atoms with E-state index in [9.17, 15) is 4.79 Å². The van der Waals surface area contributed by atoms with Crippen molar-refractivity contribution in [3.8, 4) is 0 Å². The van der Waals surface area contributed by atoms with Crippen LogP contribution in [0.15, 0.2) is 48.8 Å². The Bertz CT molecular complexity index is 520. The Hall–Kier alpha value is -2.23. The Morgan fingerprint density at radius 3 is 2.95 bits per heavy atom. The molecule has 1 aromatic rings. The molecule has 0 fully saturated rings. The molecule has 0 aromatic heterocycles. The van der Waals surface area contributed by atoms with E-state index in [-0.39, 0.29) is 11.8 Å². The number of allylic oxidation sites excluding steroid dienone is 1. The smallest absolute Gasteiger partial charge is 0.226 e. The van der Waals surface area contributed by atoms with Gasteiger partial charge in [0.05, 0.1) is 12.4 Å². The average molecular weight is 257 g/mol. The minimum atomic E-state index is -0.0237. The van der Waals surface area contributed by atoms with Crippen LogP contribution in [0.3, 0.4) is 0 Å². The van der Waals surface area contributed by atoms with E-state index < -0.39 is 0 Å². The van der Waals surface area contributed by atoms with Crippen molar-refractivity contribution in [2.75, 3.05) is 16.9 Å². The third-order valence-electron chi connectivity index (χ3n) is 2.94. The molecule has 19 heavy (non-hydrogen) atoms. The predicted molar refractivity (Wildman–Crippen MR) is 78.7 cm³/mol. The quantitative estimate of drug-likeness (QED) is 0.871. The Balaban J connectivity index is 2.14. The molecule has 1 aliphatic heterocycles. The lowest BCUT2D eigenvalue weighted by atomic mass is 10.2. The second-order valence-corrected chi connectivity index (χ2v) is 4.79. The first-order valence-electron chi connectivity index (χ1n) is 6.36. The van der Waals surface area contributed by atoms with E-state index in [0.717, 1.165) is 17.1 Å². The van der Waals surface area contributed by atoms with Gasteiger partial charge in [-0.15, -0.1) is 0 Å². The number of carbonyl (C=O) groups excluding carboxylic acids is 1. The second kappa shape index (κ2) is 5.61. The van der Waals surface area contributed by atoms with Crippen LogP contribution in [0, 0.1) is 5.92 Å². The molecule has 100 valence electrons. The fraction of sp³-hybridized carbons (Fsp3) is 0.267. The maximum absolute atomic E-state index is 11.7. The number of carbonyl (C=O) groups is 1. The fourth-order valence-corrected chi connectivity index (χ4v) is 1.78. The maximum Gasteiger partial charge on any atom is 0.226 e. The minimum Gasteiger partial charge on any atom is -0.366 e. The standard InChI is InChI=1S/C15H19N3O/c1-4-12-9-18(10-16-12)14-7-5-6-13(8-14)17-15(19)11(2)3/h4-9,11,16H,1,10H2,2-3H3,(H,17,19). The summed E-state index contributed by atoms with van der Waals surface area (Å²) in [5.41, 5.74) is 2.85. The summed E-state index contributed by atoms with van der Waals surface area (Å²) in [5, 5.41) is 6.12. The molecule has 0 spiro atoms. The molecule has 4 heteroatoms. The number of nitrogens with one attached hydrogen (secondary N) is 2.